The maximum Gasteiger partial charge on any atom is 0.261 e. The normalized spacial score (nSPS) is 11.7. The summed E-state index contributed by atoms with van der Waals surface area (Å²) >= 11 is 0. The summed E-state index contributed by atoms with van der Waals surface area (Å²) in [7, 11) is 0. The molecule has 0 radical (unpaired) electrons. The van der Waals surface area contributed by atoms with Crippen molar-refractivity contribution in [1.29, 1.82) is 0 Å². The van der Waals surface area contributed by atoms with E-state index in [1.807, 2.05) is 64.1 Å². The molecule has 0 aliphatic heterocycles. The van der Waals surface area contributed by atoms with Gasteiger partial charge in [-0.2, -0.15) is 0 Å². The molecule has 1 amide bonds. The van der Waals surface area contributed by atoms with Crippen LogP contribution in [0.15, 0.2) is 42.5 Å². The Hall–Kier alpha value is -2.49. The molecular weight excluding hydrogens is 314 g/mol. The Morgan fingerprint density at radius 1 is 1.04 bits per heavy atom. The Morgan fingerprint density at radius 2 is 1.76 bits per heavy atom. The van der Waals surface area contributed by atoms with Gasteiger partial charge in [0.15, 0.2) is 6.10 Å². The summed E-state index contributed by atoms with van der Waals surface area (Å²) in [6, 6.07) is 13.8. The average Bonchev–Trinajstić information content (AvgIpc) is 2.60. The predicted molar refractivity (Wildman–Crippen MR) is 100 cm³/mol. The van der Waals surface area contributed by atoms with Gasteiger partial charge in [-0.25, -0.2) is 0 Å². The number of rotatable bonds is 8. The highest BCUT2D eigenvalue weighted by Crippen LogP contribution is 2.19. The number of benzene rings is 2. The number of hydrogen-bond donors (Lipinski definition) is 1. The van der Waals surface area contributed by atoms with Crippen molar-refractivity contribution in [2.45, 2.75) is 40.2 Å². The van der Waals surface area contributed by atoms with E-state index in [9.17, 15) is 4.79 Å². The Labute approximate surface area is 150 Å². The Bertz CT molecular complexity index is 712. The third-order valence-electron chi connectivity index (χ3n) is 4.03. The quantitative estimate of drug-likeness (QED) is 0.739. The van der Waals surface area contributed by atoms with Gasteiger partial charge < -0.3 is 14.8 Å². The molecule has 4 heteroatoms. The molecule has 2 rings (SSSR count). The van der Waals surface area contributed by atoms with E-state index < -0.39 is 6.10 Å². The molecule has 25 heavy (non-hydrogen) atoms. The fourth-order valence-corrected chi connectivity index (χ4v) is 2.48. The number of amides is 1. The minimum atomic E-state index is -0.498. The van der Waals surface area contributed by atoms with Gasteiger partial charge in [-0.3, -0.25) is 4.79 Å². The molecule has 0 bridgehead atoms. The highest BCUT2D eigenvalue weighted by molar-refractivity contribution is 5.81. The van der Waals surface area contributed by atoms with E-state index in [1.54, 1.807) is 0 Å². The van der Waals surface area contributed by atoms with Crippen molar-refractivity contribution in [3.8, 4) is 11.5 Å². The lowest BCUT2D eigenvalue weighted by molar-refractivity contribution is -0.128. The second kappa shape index (κ2) is 9.11. The number of para-hydroxylation sites is 1. The standard InChI is InChI=1S/C21H27NO3/c1-5-18(25-19-9-7-6-8-16(19)3)21(23)22-12-13-24-20-14-15(2)10-11-17(20)4/h6-11,14,18H,5,12-13H2,1-4H3,(H,22,23). The molecule has 2 aromatic rings. The first-order chi connectivity index (χ1) is 12.0. The second-order valence-corrected chi connectivity index (χ2v) is 6.19. The molecule has 2 aromatic carbocycles. The lowest BCUT2D eigenvalue weighted by atomic mass is 10.1. The lowest BCUT2D eigenvalue weighted by Crippen LogP contribution is -2.39. The van der Waals surface area contributed by atoms with E-state index >= 15 is 0 Å². The number of ether oxygens (including phenoxy) is 2. The maximum absolute atomic E-state index is 12.3. The van der Waals surface area contributed by atoms with Crippen LogP contribution < -0.4 is 14.8 Å². The molecule has 1 atom stereocenters. The van der Waals surface area contributed by atoms with Crippen LogP contribution in [0.2, 0.25) is 0 Å². The fourth-order valence-electron chi connectivity index (χ4n) is 2.48. The van der Waals surface area contributed by atoms with Crippen molar-refractivity contribution in [2.24, 2.45) is 0 Å². The first kappa shape index (κ1) is 18.8. The summed E-state index contributed by atoms with van der Waals surface area (Å²) in [5.74, 6) is 1.49. The predicted octanol–water partition coefficient (Wildman–Crippen LogP) is 3.96. The van der Waals surface area contributed by atoms with Gasteiger partial charge in [-0.15, -0.1) is 0 Å². The van der Waals surface area contributed by atoms with E-state index in [0.29, 0.717) is 19.6 Å². The van der Waals surface area contributed by atoms with Crippen LogP contribution in [0, 0.1) is 20.8 Å². The minimum Gasteiger partial charge on any atom is -0.491 e. The van der Waals surface area contributed by atoms with E-state index in [4.69, 9.17) is 9.47 Å². The molecule has 0 aliphatic rings. The number of hydrogen-bond acceptors (Lipinski definition) is 3. The van der Waals surface area contributed by atoms with Gasteiger partial charge in [0.25, 0.3) is 5.91 Å². The third kappa shape index (κ3) is 5.52. The van der Waals surface area contributed by atoms with Crippen molar-refractivity contribution in [3.05, 3.63) is 59.2 Å². The highest BCUT2D eigenvalue weighted by Gasteiger charge is 2.18. The van der Waals surface area contributed by atoms with Gasteiger partial charge in [0.2, 0.25) is 0 Å². The van der Waals surface area contributed by atoms with Crippen molar-refractivity contribution >= 4 is 5.91 Å². The van der Waals surface area contributed by atoms with E-state index in [2.05, 4.69) is 11.4 Å². The summed E-state index contributed by atoms with van der Waals surface area (Å²) in [5, 5.41) is 2.89. The zero-order valence-electron chi connectivity index (χ0n) is 15.5. The van der Waals surface area contributed by atoms with Crippen LogP contribution in [0.1, 0.15) is 30.0 Å². The summed E-state index contributed by atoms with van der Waals surface area (Å²) in [5.41, 5.74) is 3.26. The van der Waals surface area contributed by atoms with Crippen LogP contribution in [0.5, 0.6) is 11.5 Å². The molecule has 0 heterocycles. The highest BCUT2D eigenvalue weighted by atomic mass is 16.5. The number of nitrogens with one attached hydrogen (secondary N) is 1. The molecule has 0 fully saturated rings. The molecule has 0 spiro atoms. The number of carbonyl (C=O) groups is 1. The first-order valence-corrected chi connectivity index (χ1v) is 8.71. The van der Waals surface area contributed by atoms with Gasteiger partial charge >= 0.3 is 0 Å². The van der Waals surface area contributed by atoms with Gasteiger partial charge in [0.05, 0.1) is 6.54 Å². The van der Waals surface area contributed by atoms with Crippen LogP contribution in [0.3, 0.4) is 0 Å². The van der Waals surface area contributed by atoms with Gasteiger partial charge in [-0.05, 0) is 56.0 Å². The van der Waals surface area contributed by atoms with Crippen molar-refractivity contribution in [2.75, 3.05) is 13.2 Å². The molecular formula is C21H27NO3. The van der Waals surface area contributed by atoms with Gasteiger partial charge in [-0.1, -0.05) is 37.3 Å². The van der Waals surface area contributed by atoms with E-state index in [-0.39, 0.29) is 5.91 Å². The molecule has 0 saturated carbocycles. The Morgan fingerprint density at radius 3 is 2.48 bits per heavy atom. The topological polar surface area (TPSA) is 47.6 Å². The van der Waals surface area contributed by atoms with Gasteiger partial charge in [0.1, 0.15) is 18.1 Å². The maximum atomic E-state index is 12.3. The largest absolute Gasteiger partial charge is 0.491 e. The minimum absolute atomic E-state index is 0.115. The zero-order chi connectivity index (χ0) is 18.2. The smallest absolute Gasteiger partial charge is 0.261 e. The third-order valence-corrected chi connectivity index (χ3v) is 4.03. The number of aryl methyl sites for hydroxylation is 3. The lowest BCUT2D eigenvalue weighted by Gasteiger charge is -2.18. The summed E-state index contributed by atoms with van der Waals surface area (Å²) in [4.78, 5) is 12.3. The zero-order valence-corrected chi connectivity index (χ0v) is 15.5. The molecule has 0 aromatic heterocycles. The van der Waals surface area contributed by atoms with E-state index in [0.717, 1.165) is 28.2 Å². The Balaban J connectivity index is 1.82. The van der Waals surface area contributed by atoms with E-state index in [1.165, 1.54) is 0 Å². The van der Waals surface area contributed by atoms with Crippen LogP contribution in [-0.2, 0) is 4.79 Å². The van der Waals surface area contributed by atoms with Crippen LogP contribution >= 0.6 is 0 Å². The molecule has 4 nitrogen and oxygen atoms in total. The summed E-state index contributed by atoms with van der Waals surface area (Å²) in [6.07, 6.45) is 0.111. The molecule has 134 valence electrons. The average molecular weight is 341 g/mol. The Kier molecular flexibility index (Phi) is 6.87. The molecule has 0 saturated heterocycles. The van der Waals surface area contributed by atoms with Crippen molar-refractivity contribution in [1.82, 2.24) is 5.32 Å². The molecule has 0 aliphatic carbocycles. The van der Waals surface area contributed by atoms with Crippen molar-refractivity contribution in [3.63, 3.8) is 0 Å². The van der Waals surface area contributed by atoms with Crippen LogP contribution in [0.4, 0.5) is 0 Å². The fraction of sp³-hybridized carbons (Fsp3) is 0.381. The molecule has 1 N–H and O–H groups in total. The summed E-state index contributed by atoms with van der Waals surface area (Å²) < 4.78 is 11.6. The van der Waals surface area contributed by atoms with Crippen LogP contribution in [0.25, 0.3) is 0 Å². The van der Waals surface area contributed by atoms with Crippen molar-refractivity contribution < 1.29 is 14.3 Å². The van der Waals surface area contributed by atoms with Gasteiger partial charge in [0, 0.05) is 0 Å². The monoisotopic (exact) mass is 341 g/mol. The second-order valence-electron chi connectivity index (χ2n) is 6.19. The molecule has 1 unspecified atom stereocenters. The van der Waals surface area contributed by atoms with Crippen LogP contribution in [-0.4, -0.2) is 25.2 Å². The SMILES string of the molecule is CCC(Oc1ccccc1C)C(=O)NCCOc1cc(C)ccc1C. The first-order valence-electron chi connectivity index (χ1n) is 8.71. The summed E-state index contributed by atoms with van der Waals surface area (Å²) in [6.45, 7) is 8.82. The number of carbonyl (C=O) groups excluding carboxylic acids is 1.